The van der Waals surface area contributed by atoms with Crippen molar-refractivity contribution in [2.45, 2.75) is 38.7 Å². The van der Waals surface area contributed by atoms with Crippen molar-refractivity contribution in [1.82, 2.24) is 15.0 Å². The third-order valence-corrected chi connectivity index (χ3v) is 4.22. The second-order valence-corrected chi connectivity index (χ2v) is 6.31. The minimum absolute atomic E-state index is 0.261. The van der Waals surface area contributed by atoms with Crippen LogP contribution in [0.4, 0.5) is 0 Å². The van der Waals surface area contributed by atoms with Gasteiger partial charge in [-0.15, -0.1) is 0 Å². The molecule has 3 heterocycles. The maximum Gasteiger partial charge on any atom is 0.121 e. The van der Waals surface area contributed by atoms with Gasteiger partial charge in [0.05, 0.1) is 41.3 Å². The van der Waals surface area contributed by atoms with Gasteiger partial charge in [0.1, 0.15) is 5.82 Å². The van der Waals surface area contributed by atoms with Crippen LogP contribution in [0, 0.1) is 11.3 Å². The van der Waals surface area contributed by atoms with Crippen LogP contribution in [0.2, 0.25) is 5.02 Å². The highest BCUT2D eigenvalue weighted by Crippen LogP contribution is 2.24. The lowest BCUT2D eigenvalue weighted by Gasteiger charge is -2.17. The maximum absolute atomic E-state index is 8.66. The topological polar surface area (TPSA) is 74.6 Å². The largest absolute Gasteiger partial charge is 0.379 e. The second kappa shape index (κ2) is 7.61. The number of pyridine rings is 1. The number of nitrogens with one attached hydrogen (secondary N) is 1. The van der Waals surface area contributed by atoms with Gasteiger partial charge in [-0.2, -0.15) is 5.26 Å². The van der Waals surface area contributed by atoms with Crippen LogP contribution >= 0.6 is 11.6 Å². The Morgan fingerprint density at radius 1 is 1.42 bits per heavy atom. The summed E-state index contributed by atoms with van der Waals surface area (Å²) in [5.74, 6) is 0.650. The van der Waals surface area contributed by atoms with Gasteiger partial charge in [0.2, 0.25) is 0 Å². The van der Waals surface area contributed by atoms with Gasteiger partial charge in [0.25, 0.3) is 0 Å². The fraction of sp³-hybridized carbons (Fsp3) is 0.389. The number of benzene rings is 1. The minimum Gasteiger partial charge on any atom is -0.379 e. The number of aromatic nitrogens is 3. The third kappa shape index (κ3) is 3.84. The molecule has 0 amide bonds. The summed E-state index contributed by atoms with van der Waals surface area (Å²) in [7, 11) is 0. The van der Waals surface area contributed by atoms with Gasteiger partial charge in [-0.3, -0.25) is 4.98 Å². The molecule has 24 heavy (non-hydrogen) atoms. The Morgan fingerprint density at radius 2 is 2.29 bits per heavy atom. The third-order valence-electron chi connectivity index (χ3n) is 3.98. The van der Waals surface area contributed by atoms with Crippen molar-refractivity contribution < 1.29 is 4.74 Å². The molecule has 1 atom stereocenters. The molecule has 1 aliphatic rings. The lowest BCUT2D eigenvalue weighted by molar-refractivity contribution is 0.0285. The van der Waals surface area contributed by atoms with Crippen LogP contribution in [0.3, 0.4) is 0 Å². The Kier molecular flexibility index (Phi) is 5.29. The van der Waals surface area contributed by atoms with Gasteiger partial charge < -0.3 is 9.72 Å². The quantitative estimate of drug-likeness (QED) is 0.711. The Labute approximate surface area is 145 Å². The number of H-pyrrole nitrogens is 1. The lowest BCUT2D eigenvalue weighted by Crippen LogP contribution is -2.14. The molecule has 4 rings (SSSR count). The zero-order valence-electron chi connectivity index (χ0n) is 13.6. The minimum atomic E-state index is 0.261. The van der Waals surface area contributed by atoms with Gasteiger partial charge in [-0.25, -0.2) is 4.98 Å². The number of fused-ring (bicyclic) bond motifs is 3. The molecule has 1 N–H and O–H groups in total. The van der Waals surface area contributed by atoms with Crippen molar-refractivity contribution >= 4 is 33.5 Å². The summed E-state index contributed by atoms with van der Waals surface area (Å²) in [5, 5.41) is 10.2. The Bertz CT molecular complexity index is 878. The molecule has 5 nitrogen and oxygen atoms in total. The first kappa shape index (κ1) is 16.7. The number of hydrogen-bond acceptors (Lipinski definition) is 4. The van der Waals surface area contributed by atoms with Crippen molar-refractivity contribution in [3.63, 3.8) is 0 Å². The van der Waals surface area contributed by atoms with Gasteiger partial charge in [-0.05, 0) is 44.4 Å². The van der Waals surface area contributed by atoms with Gasteiger partial charge in [-0.1, -0.05) is 11.6 Å². The van der Waals surface area contributed by atoms with E-state index in [-0.39, 0.29) is 6.42 Å². The van der Waals surface area contributed by atoms with Crippen LogP contribution < -0.4 is 0 Å². The van der Waals surface area contributed by atoms with Crippen molar-refractivity contribution in [1.29, 1.82) is 5.26 Å². The number of nitriles is 1. The molecule has 0 spiro atoms. The molecule has 1 saturated heterocycles. The van der Waals surface area contributed by atoms with Crippen LogP contribution in [-0.4, -0.2) is 27.7 Å². The maximum atomic E-state index is 8.66. The predicted molar refractivity (Wildman–Crippen MR) is 95.0 cm³/mol. The fourth-order valence-electron chi connectivity index (χ4n) is 2.74. The molecule has 124 valence electrons. The normalized spacial score (nSPS) is 17.3. The Balaban J connectivity index is 0.000000203. The first-order valence-electron chi connectivity index (χ1n) is 8.09. The first-order chi connectivity index (χ1) is 11.7. The molecule has 2 aromatic heterocycles. The molecular formula is C18H19ClN4O. The Hall–Kier alpha value is -2.16. The van der Waals surface area contributed by atoms with Gasteiger partial charge >= 0.3 is 0 Å². The summed E-state index contributed by atoms with van der Waals surface area (Å²) in [4.78, 5) is 11.8. The molecule has 3 aromatic rings. The number of aromatic amines is 1. The average Bonchev–Trinajstić information content (AvgIpc) is 3.00. The van der Waals surface area contributed by atoms with E-state index < -0.39 is 0 Å². The molecule has 6 heteroatoms. The lowest BCUT2D eigenvalue weighted by atomic mass is 10.1. The van der Waals surface area contributed by atoms with Crippen LogP contribution in [0.15, 0.2) is 24.4 Å². The summed E-state index contributed by atoms with van der Waals surface area (Å²) >= 11 is 5.97. The van der Waals surface area contributed by atoms with E-state index in [2.05, 4.69) is 27.9 Å². The Morgan fingerprint density at radius 3 is 2.96 bits per heavy atom. The molecule has 1 fully saturated rings. The molecule has 1 aliphatic heterocycles. The van der Waals surface area contributed by atoms with Crippen molar-refractivity contribution in [2.75, 3.05) is 6.61 Å². The van der Waals surface area contributed by atoms with E-state index in [4.69, 9.17) is 21.6 Å². The highest BCUT2D eigenvalue weighted by molar-refractivity contribution is 6.31. The van der Waals surface area contributed by atoms with E-state index >= 15 is 0 Å². The van der Waals surface area contributed by atoms with E-state index in [1.807, 2.05) is 12.1 Å². The van der Waals surface area contributed by atoms with E-state index in [1.54, 1.807) is 12.3 Å². The molecule has 0 aliphatic carbocycles. The molecule has 0 radical (unpaired) electrons. The SMILES string of the molecule is C[C@@H]1CCCCO1.N#CCc1nc2c(cnc3ccc(Cl)cc32)[nH]1. The zero-order chi connectivity index (χ0) is 16.9. The standard InChI is InChI=1S/C12H7ClN4.C6H12O/c13-7-1-2-9-8(5-7)12-10(6-15-9)16-11(17-12)3-4-14;1-6-4-2-3-5-7-6/h1-2,5-6H,3H2,(H,16,17);6H,2-5H2,1H3/t;6-/m.1/s1. The summed E-state index contributed by atoms with van der Waals surface area (Å²) in [6.45, 7) is 3.13. The highest BCUT2D eigenvalue weighted by Gasteiger charge is 2.08. The molecule has 0 bridgehead atoms. The highest BCUT2D eigenvalue weighted by atomic mass is 35.5. The number of halogens is 1. The van der Waals surface area contributed by atoms with Gasteiger partial charge in [0.15, 0.2) is 0 Å². The zero-order valence-corrected chi connectivity index (χ0v) is 14.3. The smallest absolute Gasteiger partial charge is 0.121 e. The number of rotatable bonds is 1. The first-order valence-corrected chi connectivity index (χ1v) is 8.46. The van der Waals surface area contributed by atoms with Crippen molar-refractivity contribution in [2.24, 2.45) is 0 Å². The van der Waals surface area contributed by atoms with Crippen LogP contribution in [-0.2, 0) is 11.2 Å². The number of imidazole rings is 1. The van der Waals surface area contributed by atoms with E-state index in [1.165, 1.54) is 19.3 Å². The van der Waals surface area contributed by atoms with Crippen LogP contribution in [0.1, 0.15) is 32.0 Å². The van der Waals surface area contributed by atoms with E-state index in [9.17, 15) is 0 Å². The van der Waals surface area contributed by atoms with E-state index in [0.717, 1.165) is 28.5 Å². The molecule has 0 saturated carbocycles. The molecule has 1 aromatic carbocycles. The number of hydrogen-bond donors (Lipinski definition) is 1. The summed E-state index contributed by atoms with van der Waals surface area (Å²) in [6, 6.07) is 7.55. The summed E-state index contributed by atoms with van der Waals surface area (Å²) in [6.07, 6.45) is 6.41. The van der Waals surface area contributed by atoms with Crippen molar-refractivity contribution in [3.8, 4) is 6.07 Å². The molecular weight excluding hydrogens is 324 g/mol. The second-order valence-electron chi connectivity index (χ2n) is 5.88. The summed E-state index contributed by atoms with van der Waals surface area (Å²) in [5.41, 5.74) is 2.48. The number of ether oxygens (including phenoxy) is 1. The van der Waals surface area contributed by atoms with Crippen LogP contribution in [0.25, 0.3) is 21.9 Å². The fourth-order valence-corrected chi connectivity index (χ4v) is 2.91. The predicted octanol–water partition coefficient (Wildman–Crippen LogP) is 4.41. The monoisotopic (exact) mass is 342 g/mol. The summed E-state index contributed by atoms with van der Waals surface area (Å²) < 4.78 is 5.28. The molecule has 0 unspecified atom stereocenters. The van der Waals surface area contributed by atoms with Crippen LogP contribution in [0.5, 0.6) is 0 Å². The van der Waals surface area contributed by atoms with Gasteiger partial charge in [0, 0.05) is 17.0 Å². The van der Waals surface area contributed by atoms with Crippen molar-refractivity contribution in [3.05, 3.63) is 35.2 Å². The van der Waals surface area contributed by atoms with E-state index in [0.29, 0.717) is 17.0 Å². The average molecular weight is 343 g/mol. The number of nitrogens with zero attached hydrogens (tertiary/aromatic N) is 3.